The number of hydrogen-bond donors (Lipinski definition) is 1. The SMILES string of the molecule is C=CCn1c(C(=O)Nc2nnc(C3CCCO3)s2)c(C)c2cc(C(C)C)ccc21. The van der Waals surface area contributed by atoms with Crippen molar-refractivity contribution in [1.29, 1.82) is 0 Å². The maximum Gasteiger partial charge on any atom is 0.274 e. The highest BCUT2D eigenvalue weighted by Crippen LogP contribution is 2.33. The van der Waals surface area contributed by atoms with Gasteiger partial charge in [-0.05, 0) is 48.9 Å². The summed E-state index contributed by atoms with van der Waals surface area (Å²) in [6.07, 6.45) is 3.80. The minimum atomic E-state index is -0.179. The summed E-state index contributed by atoms with van der Waals surface area (Å²) < 4.78 is 7.68. The number of ether oxygens (including phenoxy) is 1. The van der Waals surface area contributed by atoms with Crippen molar-refractivity contribution in [3.63, 3.8) is 0 Å². The van der Waals surface area contributed by atoms with Gasteiger partial charge >= 0.3 is 0 Å². The number of hydrogen-bond acceptors (Lipinski definition) is 5. The Morgan fingerprint density at radius 3 is 2.97 bits per heavy atom. The zero-order valence-corrected chi connectivity index (χ0v) is 17.9. The minimum absolute atomic E-state index is 0.00144. The van der Waals surface area contributed by atoms with Gasteiger partial charge in [-0.25, -0.2) is 0 Å². The molecule has 0 bridgehead atoms. The van der Waals surface area contributed by atoms with Crippen molar-refractivity contribution in [3.05, 3.63) is 52.7 Å². The van der Waals surface area contributed by atoms with E-state index in [0.717, 1.165) is 40.9 Å². The summed E-state index contributed by atoms with van der Waals surface area (Å²) in [4.78, 5) is 13.2. The maximum atomic E-state index is 13.2. The number of nitrogens with one attached hydrogen (secondary N) is 1. The van der Waals surface area contributed by atoms with Crippen LogP contribution in [0.1, 0.15) is 65.3 Å². The molecular weight excluding hydrogens is 384 g/mol. The molecule has 1 saturated heterocycles. The lowest BCUT2D eigenvalue weighted by Gasteiger charge is -2.09. The Balaban J connectivity index is 1.68. The monoisotopic (exact) mass is 410 g/mol. The van der Waals surface area contributed by atoms with E-state index in [4.69, 9.17) is 4.74 Å². The Hall–Kier alpha value is -2.51. The molecule has 1 atom stereocenters. The molecular formula is C22H26N4O2S. The number of aromatic nitrogens is 3. The van der Waals surface area contributed by atoms with E-state index in [1.807, 2.05) is 17.6 Å². The van der Waals surface area contributed by atoms with Gasteiger partial charge in [-0.2, -0.15) is 0 Å². The van der Waals surface area contributed by atoms with E-state index < -0.39 is 0 Å². The summed E-state index contributed by atoms with van der Waals surface area (Å²) in [5.41, 5.74) is 3.89. The van der Waals surface area contributed by atoms with Crippen LogP contribution in [-0.4, -0.2) is 27.3 Å². The van der Waals surface area contributed by atoms with Crippen molar-refractivity contribution < 1.29 is 9.53 Å². The van der Waals surface area contributed by atoms with Crippen molar-refractivity contribution in [2.75, 3.05) is 11.9 Å². The van der Waals surface area contributed by atoms with E-state index in [-0.39, 0.29) is 12.0 Å². The Morgan fingerprint density at radius 1 is 1.45 bits per heavy atom. The fraction of sp³-hybridized carbons (Fsp3) is 0.409. The molecule has 3 heterocycles. The first-order chi connectivity index (χ1) is 14.0. The first-order valence-corrected chi connectivity index (χ1v) is 10.8. The van der Waals surface area contributed by atoms with E-state index >= 15 is 0 Å². The van der Waals surface area contributed by atoms with Crippen LogP contribution in [0.4, 0.5) is 5.13 Å². The van der Waals surface area contributed by atoms with Crippen molar-refractivity contribution in [1.82, 2.24) is 14.8 Å². The normalized spacial score (nSPS) is 16.6. The quantitative estimate of drug-likeness (QED) is 0.566. The van der Waals surface area contributed by atoms with Gasteiger partial charge in [-0.1, -0.05) is 37.3 Å². The van der Waals surface area contributed by atoms with E-state index in [0.29, 0.717) is 23.3 Å². The molecule has 2 aromatic heterocycles. The number of aryl methyl sites for hydroxylation is 1. The van der Waals surface area contributed by atoms with Gasteiger partial charge in [0.2, 0.25) is 5.13 Å². The standard InChI is InChI=1S/C22H26N4O2S/c1-5-10-26-17-9-8-15(13(2)3)12-16(17)14(4)19(26)20(27)23-22-25-24-21(29-22)18-7-6-11-28-18/h5,8-9,12-13,18H,1,6-7,10-11H2,2-4H3,(H,23,25,27). The zero-order valence-electron chi connectivity index (χ0n) is 17.1. The lowest BCUT2D eigenvalue weighted by molar-refractivity contribution is 0.101. The van der Waals surface area contributed by atoms with Crippen LogP contribution in [0.5, 0.6) is 0 Å². The van der Waals surface area contributed by atoms with Crippen LogP contribution in [0.3, 0.4) is 0 Å². The zero-order chi connectivity index (χ0) is 20.5. The van der Waals surface area contributed by atoms with Crippen LogP contribution in [-0.2, 0) is 11.3 Å². The molecule has 1 amide bonds. The fourth-order valence-corrected chi connectivity index (χ4v) is 4.68. The second kappa shape index (κ2) is 8.08. The van der Waals surface area contributed by atoms with Crippen LogP contribution in [0, 0.1) is 6.92 Å². The van der Waals surface area contributed by atoms with E-state index in [9.17, 15) is 4.79 Å². The molecule has 1 aliphatic rings. The van der Waals surface area contributed by atoms with Crippen LogP contribution < -0.4 is 5.32 Å². The Bertz CT molecular complexity index is 1060. The van der Waals surface area contributed by atoms with Crippen molar-refractivity contribution >= 4 is 33.3 Å². The molecule has 7 heteroatoms. The van der Waals surface area contributed by atoms with Crippen LogP contribution in [0.2, 0.25) is 0 Å². The largest absolute Gasteiger partial charge is 0.371 e. The van der Waals surface area contributed by atoms with Crippen LogP contribution in [0.25, 0.3) is 10.9 Å². The highest BCUT2D eigenvalue weighted by Gasteiger charge is 2.24. The summed E-state index contributed by atoms with van der Waals surface area (Å²) in [6.45, 7) is 11.5. The van der Waals surface area contributed by atoms with Crippen LogP contribution in [0.15, 0.2) is 30.9 Å². The molecule has 29 heavy (non-hydrogen) atoms. The summed E-state index contributed by atoms with van der Waals surface area (Å²) in [5, 5.41) is 13.7. The highest BCUT2D eigenvalue weighted by molar-refractivity contribution is 7.15. The number of benzene rings is 1. The summed E-state index contributed by atoms with van der Waals surface area (Å²) in [5.74, 6) is 0.248. The van der Waals surface area contributed by atoms with Gasteiger partial charge in [0.15, 0.2) is 0 Å². The van der Waals surface area contributed by atoms with Crippen molar-refractivity contribution in [2.45, 2.75) is 52.2 Å². The first kappa shape index (κ1) is 19.8. The third kappa shape index (κ3) is 3.72. The number of fused-ring (bicyclic) bond motifs is 1. The van der Waals surface area contributed by atoms with Gasteiger partial charge in [0.25, 0.3) is 5.91 Å². The second-order valence-corrected chi connectivity index (χ2v) is 8.71. The number of anilines is 1. The molecule has 1 aliphatic heterocycles. The summed E-state index contributed by atoms with van der Waals surface area (Å²) in [7, 11) is 0. The third-order valence-electron chi connectivity index (χ3n) is 5.40. The number of rotatable bonds is 6. The van der Waals surface area contributed by atoms with Gasteiger partial charge in [-0.15, -0.1) is 16.8 Å². The summed E-state index contributed by atoms with van der Waals surface area (Å²) >= 11 is 1.38. The molecule has 1 aromatic carbocycles. The number of carbonyl (C=O) groups excluding carboxylic acids is 1. The first-order valence-electron chi connectivity index (χ1n) is 9.99. The Labute approximate surface area is 174 Å². The van der Waals surface area contributed by atoms with Gasteiger partial charge in [0.05, 0.1) is 0 Å². The average molecular weight is 411 g/mol. The molecule has 1 unspecified atom stereocenters. The maximum absolute atomic E-state index is 13.2. The molecule has 0 spiro atoms. The topological polar surface area (TPSA) is 69.0 Å². The number of allylic oxidation sites excluding steroid dienone is 1. The molecule has 0 saturated carbocycles. The summed E-state index contributed by atoms with van der Waals surface area (Å²) in [6, 6.07) is 6.41. The third-order valence-corrected chi connectivity index (χ3v) is 6.33. The predicted octanol–water partition coefficient (Wildman–Crippen LogP) is 5.21. The smallest absolute Gasteiger partial charge is 0.274 e. The Morgan fingerprint density at radius 2 is 2.28 bits per heavy atom. The molecule has 4 rings (SSSR count). The van der Waals surface area contributed by atoms with Gasteiger partial charge < -0.3 is 9.30 Å². The van der Waals surface area contributed by atoms with Crippen molar-refractivity contribution in [2.24, 2.45) is 0 Å². The van der Waals surface area contributed by atoms with Gasteiger partial charge in [0, 0.05) is 24.1 Å². The van der Waals surface area contributed by atoms with E-state index in [1.54, 1.807) is 0 Å². The number of amides is 1. The Kier molecular flexibility index (Phi) is 5.52. The molecule has 6 nitrogen and oxygen atoms in total. The average Bonchev–Trinajstić information content (AvgIpc) is 3.42. The van der Waals surface area contributed by atoms with Crippen molar-refractivity contribution in [3.8, 4) is 0 Å². The minimum Gasteiger partial charge on any atom is -0.371 e. The lowest BCUT2D eigenvalue weighted by Crippen LogP contribution is -2.18. The molecule has 1 N–H and O–H groups in total. The molecule has 0 radical (unpaired) electrons. The van der Waals surface area contributed by atoms with Crippen LogP contribution >= 0.6 is 11.3 Å². The number of nitrogens with zero attached hydrogens (tertiary/aromatic N) is 3. The van der Waals surface area contributed by atoms with E-state index in [2.05, 4.69) is 54.1 Å². The lowest BCUT2D eigenvalue weighted by atomic mass is 10.0. The predicted molar refractivity (Wildman–Crippen MR) is 117 cm³/mol. The molecule has 3 aromatic rings. The number of carbonyl (C=O) groups is 1. The molecule has 1 fully saturated rings. The van der Waals surface area contributed by atoms with Gasteiger partial charge in [-0.3, -0.25) is 10.1 Å². The molecule has 0 aliphatic carbocycles. The fourth-order valence-electron chi connectivity index (χ4n) is 3.85. The second-order valence-electron chi connectivity index (χ2n) is 7.71. The molecule has 152 valence electrons. The van der Waals surface area contributed by atoms with Gasteiger partial charge in [0.1, 0.15) is 16.8 Å². The van der Waals surface area contributed by atoms with E-state index in [1.165, 1.54) is 16.9 Å². The highest BCUT2D eigenvalue weighted by atomic mass is 32.1.